The molecule has 156 valence electrons. The molecule has 0 saturated carbocycles. The molecule has 0 radical (unpaired) electrons. The number of carbonyl (C=O) groups is 1. The van der Waals surface area contributed by atoms with E-state index in [9.17, 15) is 4.79 Å². The quantitative estimate of drug-likeness (QED) is 0.630. The Morgan fingerprint density at radius 2 is 1.97 bits per heavy atom. The van der Waals surface area contributed by atoms with Crippen LogP contribution in [0.3, 0.4) is 0 Å². The highest BCUT2D eigenvalue weighted by molar-refractivity contribution is 5.97. The van der Waals surface area contributed by atoms with E-state index in [1.54, 1.807) is 7.11 Å². The number of amides is 1. The van der Waals surface area contributed by atoms with E-state index in [4.69, 9.17) is 15.5 Å². The molecule has 1 aromatic heterocycles. The Kier molecular flexibility index (Phi) is 6.14. The average molecular weight is 405 g/mol. The van der Waals surface area contributed by atoms with Crippen molar-refractivity contribution in [2.75, 3.05) is 26.7 Å². The van der Waals surface area contributed by atoms with Gasteiger partial charge in [-0.3, -0.25) is 4.79 Å². The van der Waals surface area contributed by atoms with Crippen LogP contribution in [-0.2, 0) is 6.42 Å². The van der Waals surface area contributed by atoms with Crippen molar-refractivity contribution in [2.24, 2.45) is 5.73 Å². The van der Waals surface area contributed by atoms with Crippen LogP contribution in [0.5, 0.6) is 5.75 Å². The second kappa shape index (κ2) is 9.13. The molecule has 2 aromatic carbocycles. The first-order valence-electron chi connectivity index (χ1n) is 10.4. The maximum absolute atomic E-state index is 12.1. The number of aromatic amines is 1. The van der Waals surface area contributed by atoms with Crippen LogP contribution in [0.2, 0.25) is 0 Å². The van der Waals surface area contributed by atoms with E-state index < -0.39 is 5.91 Å². The summed E-state index contributed by atoms with van der Waals surface area (Å²) in [6.45, 7) is 3.05. The third-order valence-electron chi connectivity index (χ3n) is 5.78. The van der Waals surface area contributed by atoms with E-state index in [0.717, 1.165) is 56.0 Å². The van der Waals surface area contributed by atoms with Gasteiger partial charge in [-0.05, 0) is 55.6 Å². The van der Waals surface area contributed by atoms with Crippen LogP contribution in [0.1, 0.15) is 40.6 Å². The number of nitrogens with two attached hydrogens (primary N) is 1. The molecular formula is C24H28N4O2. The summed E-state index contributed by atoms with van der Waals surface area (Å²) in [7, 11) is 1.63. The molecule has 2 heterocycles. The number of benzene rings is 2. The summed E-state index contributed by atoms with van der Waals surface area (Å²) in [5.41, 5.74) is 8.84. The monoisotopic (exact) mass is 404 g/mol. The van der Waals surface area contributed by atoms with Crippen LogP contribution in [-0.4, -0.2) is 47.5 Å². The van der Waals surface area contributed by atoms with Crippen LogP contribution in [0.25, 0.3) is 11.3 Å². The van der Waals surface area contributed by atoms with Gasteiger partial charge in [-0.15, -0.1) is 0 Å². The zero-order valence-corrected chi connectivity index (χ0v) is 17.3. The molecule has 3 N–H and O–H groups in total. The van der Waals surface area contributed by atoms with Gasteiger partial charge >= 0.3 is 0 Å². The molecule has 1 aliphatic rings. The highest BCUT2D eigenvalue weighted by atomic mass is 16.5. The first kappa shape index (κ1) is 20.2. The Morgan fingerprint density at radius 3 is 2.67 bits per heavy atom. The molecule has 6 heteroatoms. The van der Waals surface area contributed by atoms with Crippen LogP contribution < -0.4 is 10.5 Å². The molecule has 0 bridgehead atoms. The molecule has 0 spiro atoms. The predicted octanol–water partition coefficient (Wildman–Crippen LogP) is 3.61. The van der Waals surface area contributed by atoms with E-state index in [1.807, 2.05) is 30.3 Å². The lowest BCUT2D eigenvalue weighted by molar-refractivity contribution is 0.0996. The highest BCUT2D eigenvalue weighted by Gasteiger charge is 2.26. The number of H-pyrrole nitrogens is 1. The molecule has 1 fully saturated rings. The maximum Gasteiger partial charge on any atom is 0.267 e. The number of nitrogens with zero attached hydrogens (tertiary/aromatic N) is 2. The Hall–Kier alpha value is -3.12. The fourth-order valence-electron chi connectivity index (χ4n) is 4.13. The van der Waals surface area contributed by atoms with Gasteiger partial charge in [0.05, 0.1) is 7.11 Å². The summed E-state index contributed by atoms with van der Waals surface area (Å²) < 4.78 is 5.22. The fourth-order valence-corrected chi connectivity index (χ4v) is 4.13. The summed E-state index contributed by atoms with van der Waals surface area (Å²) in [4.78, 5) is 22.6. The molecule has 1 amide bonds. The molecule has 1 atom stereocenters. The number of methoxy groups -OCH3 is 1. The van der Waals surface area contributed by atoms with Gasteiger partial charge in [0.1, 0.15) is 23.0 Å². The normalized spacial score (nSPS) is 17.0. The van der Waals surface area contributed by atoms with Gasteiger partial charge < -0.3 is 20.4 Å². The minimum atomic E-state index is -0.490. The first-order valence-corrected chi connectivity index (χ1v) is 10.4. The lowest BCUT2D eigenvalue weighted by atomic mass is 9.97. The summed E-state index contributed by atoms with van der Waals surface area (Å²) in [6, 6.07) is 18.1. The Morgan fingerprint density at radius 1 is 1.20 bits per heavy atom. The zero-order chi connectivity index (χ0) is 20.9. The SMILES string of the molecule is COc1ccc(-c2nc([C@H]3CCCN(CCc4ccccc4)C3)[nH]c2C(N)=O)cc1. The number of carbonyl (C=O) groups excluding carboxylic acids is 1. The topological polar surface area (TPSA) is 84.2 Å². The molecule has 6 nitrogen and oxygen atoms in total. The summed E-state index contributed by atoms with van der Waals surface area (Å²) in [6.07, 6.45) is 3.20. The molecule has 0 unspecified atom stereocenters. The van der Waals surface area contributed by atoms with Crippen molar-refractivity contribution in [3.8, 4) is 17.0 Å². The number of piperidine rings is 1. The molecular weight excluding hydrogens is 376 g/mol. The van der Waals surface area contributed by atoms with Gasteiger partial charge in [-0.1, -0.05) is 30.3 Å². The van der Waals surface area contributed by atoms with Gasteiger partial charge in [-0.25, -0.2) is 4.98 Å². The predicted molar refractivity (Wildman–Crippen MR) is 118 cm³/mol. The molecule has 0 aliphatic carbocycles. The number of rotatable bonds is 7. The standard InChI is InChI=1S/C24H28N4O2/c1-30-20-11-9-18(10-12-20)21-22(23(25)29)27-24(26-21)19-8-5-14-28(16-19)15-13-17-6-3-2-4-7-17/h2-4,6-7,9-12,19H,5,8,13-16H2,1H3,(H2,25,29)(H,26,27)/t19-/m0/s1. The smallest absolute Gasteiger partial charge is 0.267 e. The van der Waals surface area contributed by atoms with Crippen molar-refractivity contribution >= 4 is 5.91 Å². The lowest BCUT2D eigenvalue weighted by Crippen LogP contribution is -2.36. The van der Waals surface area contributed by atoms with Gasteiger partial charge in [0, 0.05) is 24.6 Å². The van der Waals surface area contributed by atoms with Crippen molar-refractivity contribution in [1.29, 1.82) is 0 Å². The number of aromatic nitrogens is 2. The summed E-state index contributed by atoms with van der Waals surface area (Å²) >= 11 is 0. The van der Waals surface area contributed by atoms with E-state index in [0.29, 0.717) is 11.4 Å². The van der Waals surface area contributed by atoms with Crippen molar-refractivity contribution in [2.45, 2.75) is 25.2 Å². The number of likely N-dealkylation sites (tertiary alicyclic amines) is 1. The Bertz CT molecular complexity index is 982. The Balaban J connectivity index is 1.50. The molecule has 1 saturated heterocycles. The van der Waals surface area contributed by atoms with Crippen LogP contribution in [0, 0.1) is 0 Å². The van der Waals surface area contributed by atoms with Crippen molar-refractivity contribution in [3.63, 3.8) is 0 Å². The van der Waals surface area contributed by atoms with Crippen molar-refractivity contribution < 1.29 is 9.53 Å². The minimum Gasteiger partial charge on any atom is -0.497 e. The van der Waals surface area contributed by atoms with Crippen LogP contribution in [0.4, 0.5) is 0 Å². The van der Waals surface area contributed by atoms with E-state index in [2.05, 4.69) is 34.1 Å². The first-order chi connectivity index (χ1) is 14.6. The average Bonchev–Trinajstić information content (AvgIpc) is 3.25. The third-order valence-corrected chi connectivity index (χ3v) is 5.78. The molecule has 1 aliphatic heterocycles. The zero-order valence-electron chi connectivity index (χ0n) is 17.3. The Labute approximate surface area is 177 Å². The van der Waals surface area contributed by atoms with E-state index in [1.165, 1.54) is 5.56 Å². The summed E-state index contributed by atoms with van der Waals surface area (Å²) in [5, 5.41) is 0. The van der Waals surface area contributed by atoms with Crippen LogP contribution >= 0.6 is 0 Å². The van der Waals surface area contributed by atoms with Crippen molar-refractivity contribution in [1.82, 2.24) is 14.9 Å². The summed E-state index contributed by atoms with van der Waals surface area (Å²) in [5.74, 6) is 1.38. The number of imidazole rings is 1. The largest absolute Gasteiger partial charge is 0.497 e. The minimum absolute atomic E-state index is 0.264. The molecule has 4 rings (SSSR count). The number of hydrogen-bond acceptors (Lipinski definition) is 4. The third kappa shape index (κ3) is 4.54. The lowest BCUT2D eigenvalue weighted by Gasteiger charge is -2.31. The van der Waals surface area contributed by atoms with E-state index >= 15 is 0 Å². The number of primary amides is 1. The highest BCUT2D eigenvalue weighted by Crippen LogP contribution is 2.30. The molecule has 30 heavy (non-hydrogen) atoms. The van der Waals surface area contributed by atoms with Crippen LogP contribution in [0.15, 0.2) is 54.6 Å². The second-order valence-electron chi connectivity index (χ2n) is 7.81. The van der Waals surface area contributed by atoms with Crippen molar-refractivity contribution in [3.05, 3.63) is 71.7 Å². The van der Waals surface area contributed by atoms with Gasteiger partial charge in [0.2, 0.25) is 0 Å². The maximum atomic E-state index is 12.1. The van der Waals surface area contributed by atoms with E-state index in [-0.39, 0.29) is 5.92 Å². The van der Waals surface area contributed by atoms with Gasteiger partial charge in [0.25, 0.3) is 5.91 Å². The fraction of sp³-hybridized carbons (Fsp3) is 0.333. The number of ether oxygens (including phenoxy) is 1. The number of nitrogens with one attached hydrogen (secondary N) is 1. The van der Waals surface area contributed by atoms with Gasteiger partial charge in [-0.2, -0.15) is 0 Å². The number of hydrogen-bond donors (Lipinski definition) is 2. The molecule has 3 aromatic rings. The van der Waals surface area contributed by atoms with Gasteiger partial charge in [0.15, 0.2) is 0 Å². The second-order valence-corrected chi connectivity index (χ2v) is 7.81.